The number of anilines is 1. The first kappa shape index (κ1) is 20.2. The van der Waals surface area contributed by atoms with Gasteiger partial charge in [0.25, 0.3) is 5.91 Å². The van der Waals surface area contributed by atoms with Gasteiger partial charge in [-0.25, -0.2) is 0 Å². The molecule has 1 aliphatic carbocycles. The number of carbonyl (C=O) groups is 2. The van der Waals surface area contributed by atoms with Gasteiger partial charge in [0.05, 0.1) is 12.1 Å². The van der Waals surface area contributed by atoms with E-state index in [0.29, 0.717) is 34.0 Å². The summed E-state index contributed by atoms with van der Waals surface area (Å²) >= 11 is 6.40. The molecule has 30 heavy (non-hydrogen) atoms. The monoisotopic (exact) mass is 422 g/mol. The van der Waals surface area contributed by atoms with E-state index < -0.39 is 5.92 Å². The molecule has 5 nitrogen and oxygen atoms in total. The SMILES string of the molecule is COc1ccc([C@@H]2C(C(=O)Nc3ccccc3)=C(C)NC3=C2C(=O)CCC3)cc1Cl. The van der Waals surface area contributed by atoms with Crippen LogP contribution in [0.3, 0.4) is 0 Å². The topological polar surface area (TPSA) is 67.4 Å². The van der Waals surface area contributed by atoms with Crippen molar-refractivity contribution in [1.82, 2.24) is 5.32 Å². The van der Waals surface area contributed by atoms with Crippen LogP contribution in [-0.2, 0) is 9.59 Å². The maximum absolute atomic E-state index is 13.4. The Kier molecular flexibility index (Phi) is 5.64. The standard InChI is InChI=1S/C24H23ClN2O3/c1-14-21(24(29)27-16-7-4-3-5-8-16)22(15-11-12-20(30-2)17(25)13-15)23-18(26-14)9-6-10-19(23)28/h3-5,7-8,11-13,22,26H,6,9-10H2,1-2H3,(H,27,29)/t22-/m1/s1. The molecule has 0 spiro atoms. The van der Waals surface area contributed by atoms with Gasteiger partial charge in [-0.2, -0.15) is 0 Å². The van der Waals surface area contributed by atoms with Crippen molar-refractivity contribution < 1.29 is 14.3 Å². The summed E-state index contributed by atoms with van der Waals surface area (Å²) in [7, 11) is 1.56. The third-order valence-corrected chi connectivity index (χ3v) is 5.86. The second-order valence-electron chi connectivity index (χ2n) is 7.48. The summed E-state index contributed by atoms with van der Waals surface area (Å²) in [4.78, 5) is 26.3. The molecule has 2 aromatic carbocycles. The fourth-order valence-electron chi connectivity index (χ4n) is 4.20. The number of rotatable bonds is 4. The van der Waals surface area contributed by atoms with Gasteiger partial charge in [0.1, 0.15) is 5.75 Å². The first-order valence-electron chi connectivity index (χ1n) is 9.93. The maximum atomic E-state index is 13.4. The highest BCUT2D eigenvalue weighted by atomic mass is 35.5. The van der Waals surface area contributed by atoms with Gasteiger partial charge in [0.15, 0.2) is 5.78 Å². The van der Waals surface area contributed by atoms with Crippen LogP contribution in [0.5, 0.6) is 5.75 Å². The van der Waals surface area contributed by atoms with Crippen LogP contribution in [0.25, 0.3) is 0 Å². The number of benzene rings is 2. The van der Waals surface area contributed by atoms with Gasteiger partial charge in [-0.1, -0.05) is 35.9 Å². The Labute approximate surface area is 180 Å². The van der Waals surface area contributed by atoms with E-state index in [9.17, 15) is 9.59 Å². The van der Waals surface area contributed by atoms with E-state index in [1.165, 1.54) is 0 Å². The molecule has 2 aliphatic rings. The van der Waals surface area contributed by atoms with Crippen LogP contribution in [0.4, 0.5) is 5.69 Å². The summed E-state index contributed by atoms with van der Waals surface area (Å²) in [5.74, 6) is -0.109. The Morgan fingerprint density at radius 2 is 1.93 bits per heavy atom. The molecule has 0 fully saturated rings. The zero-order chi connectivity index (χ0) is 21.3. The zero-order valence-corrected chi connectivity index (χ0v) is 17.7. The van der Waals surface area contributed by atoms with Crippen LogP contribution in [-0.4, -0.2) is 18.8 Å². The van der Waals surface area contributed by atoms with Gasteiger partial charge in [0.2, 0.25) is 0 Å². The number of Topliss-reactive ketones (excluding diaryl/α,β-unsaturated/α-hetero) is 1. The van der Waals surface area contributed by atoms with E-state index in [-0.39, 0.29) is 11.7 Å². The normalized spacial score (nSPS) is 18.6. The molecule has 1 atom stereocenters. The minimum Gasteiger partial charge on any atom is -0.495 e. The van der Waals surface area contributed by atoms with Crippen LogP contribution in [0.1, 0.15) is 37.7 Å². The number of hydrogen-bond donors (Lipinski definition) is 2. The fourth-order valence-corrected chi connectivity index (χ4v) is 4.47. The van der Waals surface area contributed by atoms with E-state index in [1.54, 1.807) is 19.2 Å². The van der Waals surface area contributed by atoms with Gasteiger partial charge in [-0.15, -0.1) is 0 Å². The van der Waals surface area contributed by atoms with Gasteiger partial charge < -0.3 is 15.4 Å². The summed E-state index contributed by atoms with van der Waals surface area (Å²) < 4.78 is 5.27. The lowest BCUT2D eigenvalue weighted by Gasteiger charge is -2.34. The minimum absolute atomic E-state index is 0.0678. The van der Waals surface area contributed by atoms with E-state index in [0.717, 1.165) is 29.8 Å². The average molecular weight is 423 g/mol. The second-order valence-corrected chi connectivity index (χ2v) is 7.89. The molecular formula is C24H23ClN2O3. The highest BCUT2D eigenvalue weighted by molar-refractivity contribution is 6.32. The van der Waals surface area contributed by atoms with Gasteiger partial charge in [0, 0.05) is 40.6 Å². The Balaban J connectivity index is 1.81. The molecule has 0 bridgehead atoms. The largest absolute Gasteiger partial charge is 0.495 e. The van der Waals surface area contributed by atoms with Crippen LogP contribution in [0.15, 0.2) is 71.1 Å². The van der Waals surface area contributed by atoms with E-state index in [4.69, 9.17) is 16.3 Å². The molecule has 1 aliphatic heterocycles. The van der Waals surface area contributed by atoms with Gasteiger partial charge >= 0.3 is 0 Å². The molecular weight excluding hydrogens is 400 g/mol. The maximum Gasteiger partial charge on any atom is 0.254 e. The number of nitrogens with one attached hydrogen (secondary N) is 2. The van der Waals surface area contributed by atoms with Crippen LogP contribution in [0.2, 0.25) is 5.02 Å². The Hall–Kier alpha value is -3.05. The smallest absolute Gasteiger partial charge is 0.254 e. The van der Waals surface area contributed by atoms with Crippen LogP contribution < -0.4 is 15.4 Å². The molecule has 0 radical (unpaired) electrons. The lowest BCUT2D eigenvalue weighted by atomic mass is 9.75. The summed E-state index contributed by atoms with van der Waals surface area (Å²) in [6.07, 6.45) is 2.07. The molecule has 1 amide bonds. The predicted molar refractivity (Wildman–Crippen MR) is 118 cm³/mol. The Bertz CT molecular complexity index is 1070. The summed E-state index contributed by atoms with van der Waals surface area (Å²) in [6.45, 7) is 1.88. The molecule has 2 N–H and O–H groups in total. The highest BCUT2D eigenvalue weighted by Gasteiger charge is 2.38. The van der Waals surface area contributed by atoms with Crippen LogP contribution >= 0.6 is 11.6 Å². The lowest BCUT2D eigenvalue weighted by molar-refractivity contribution is -0.116. The third-order valence-electron chi connectivity index (χ3n) is 5.56. The Morgan fingerprint density at radius 3 is 2.63 bits per heavy atom. The van der Waals surface area contributed by atoms with Crippen molar-refractivity contribution in [2.45, 2.75) is 32.1 Å². The number of carbonyl (C=O) groups excluding carboxylic acids is 2. The summed E-state index contributed by atoms with van der Waals surface area (Å²) in [5, 5.41) is 6.73. The van der Waals surface area contributed by atoms with E-state index in [2.05, 4.69) is 10.6 Å². The number of hydrogen-bond acceptors (Lipinski definition) is 4. The number of methoxy groups -OCH3 is 1. The molecule has 0 saturated carbocycles. The number of dihydropyridines is 1. The molecule has 154 valence electrons. The van der Waals surface area contributed by atoms with Gasteiger partial charge in [-0.3, -0.25) is 9.59 Å². The van der Waals surface area contributed by atoms with Crippen LogP contribution in [0, 0.1) is 0 Å². The van der Waals surface area contributed by atoms with Crippen molar-refractivity contribution in [2.24, 2.45) is 0 Å². The average Bonchev–Trinajstić information content (AvgIpc) is 2.73. The molecule has 0 aromatic heterocycles. The number of para-hydroxylation sites is 1. The van der Waals surface area contributed by atoms with Crippen molar-refractivity contribution in [3.8, 4) is 5.75 Å². The Morgan fingerprint density at radius 1 is 1.17 bits per heavy atom. The zero-order valence-electron chi connectivity index (χ0n) is 16.9. The lowest BCUT2D eigenvalue weighted by Crippen LogP contribution is -2.35. The van der Waals surface area contributed by atoms with Crippen molar-refractivity contribution in [1.29, 1.82) is 0 Å². The first-order valence-corrected chi connectivity index (χ1v) is 10.3. The van der Waals surface area contributed by atoms with Crippen molar-refractivity contribution in [3.63, 3.8) is 0 Å². The molecule has 0 unspecified atom stereocenters. The fraction of sp³-hybridized carbons (Fsp3) is 0.250. The van der Waals surface area contributed by atoms with Crippen molar-refractivity contribution in [2.75, 3.05) is 12.4 Å². The van der Waals surface area contributed by atoms with Crippen molar-refractivity contribution in [3.05, 3.63) is 81.7 Å². The number of ether oxygens (including phenoxy) is 1. The summed E-state index contributed by atoms with van der Waals surface area (Å²) in [6, 6.07) is 14.7. The molecule has 4 rings (SSSR count). The van der Waals surface area contributed by atoms with E-state index >= 15 is 0 Å². The number of amides is 1. The summed E-state index contributed by atoms with van der Waals surface area (Å²) in [5.41, 5.74) is 4.32. The van der Waals surface area contributed by atoms with E-state index in [1.807, 2.05) is 43.3 Å². The quantitative estimate of drug-likeness (QED) is 0.731. The molecule has 6 heteroatoms. The first-order chi connectivity index (χ1) is 14.5. The number of halogens is 1. The number of allylic oxidation sites excluding steroid dienone is 3. The molecule has 1 heterocycles. The predicted octanol–water partition coefficient (Wildman–Crippen LogP) is 4.96. The van der Waals surface area contributed by atoms with Crippen molar-refractivity contribution >= 4 is 29.0 Å². The molecule has 2 aromatic rings. The second kappa shape index (κ2) is 8.36. The highest BCUT2D eigenvalue weighted by Crippen LogP contribution is 2.43. The number of ketones is 1. The minimum atomic E-state index is -0.485. The third kappa shape index (κ3) is 3.73. The van der Waals surface area contributed by atoms with Gasteiger partial charge in [-0.05, 0) is 49.6 Å². The molecule has 0 saturated heterocycles.